The normalized spacial score (nSPS) is 17.3. The SMILES string of the molecule is O=C(NO)c1c(S(=O)(=O)N2CCC(Oc3ccc(C(F)(F)F)cc3)CC2)ccc2c1OCCO2. The van der Waals surface area contributed by atoms with Gasteiger partial charge in [0, 0.05) is 13.1 Å². The van der Waals surface area contributed by atoms with E-state index in [1.165, 1.54) is 34.1 Å². The number of carbonyl (C=O) groups excluding carboxylic acids is 1. The van der Waals surface area contributed by atoms with Crippen molar-refractivity contribution in [3.63, 3.8) is 0 Å². The number of ether oxygens (including phenoxy) is 3. The molecule has 9 nitrogen and oxygen atoms in total. The van der Waals surface area contributed by atoms with Gasteiger partial charge in [0.15, 0.2) is 11.5 Å². The summed E-state index contributed by atoms with van der Waals surface area (Å²) < 4.78 is 82.5. The van der Waals surface area contributed by atoms with Crippen molar-refractivity contribution < 1.29 is 45.8 Å². The number of sulfonamides is 1. The van der Waals surface area contributed by atoms with Crippen LogP contribution in [0, 0.1) is 0 Å². The minimum atomic E-state index is -4.45. The van der Waals surface area contributed by atoms with Crippen LogP contribution in [0.2, 0.25) is 0 Å². The third-order valence-corrected chi connectivity index (χ3v) is 7.44. The summed E-state index contributed by atoms with van der Waals surface area (Å²) in [4.78, 5) is 12.0. The number of fused-ring (bicyclic) bond motifs is 1. The smallest absolute Gasteiger partial charge is 0.416 e. The molecule has 0 bridgehead atoms. The quantitative estimate of drug-likeness (QED) is 0.477. The molecule has 2 heterocycles. The number of alkyl halides is 3. The summed E-state index contributed by atoms with van der Waals surface area (Å²) in [5.74, 6) is -0.684. The second-order valence-electron chi connectivity index (χ2n) is 7.65. The molecule has 1 amide bonds. The second kappa shape index (κ2) is 9.31. The molecule has 1 fully saturated rings. The average molecular weight is 502 g/mol. The van der Waals surface area contributed by atoms with Gasteiger partial charge in [0.2, 0.25) is 10.0 Å². The topological polar surface area (TPSA) is 114 Å². The fourth-order valence-corrected chi connectivity index (χ4v) is 5.48. The van der Waals surface area contributed by atoms with Crippen LogP contribution in [0.1, 0.15) is 28.8 Å². The van der Waals surface area contributed by atoms with Crippen molar-refractivity contribution in [2.24, 2.45) is 0 Å². The van der Waals surface area contributed by atoms with Crippen LogP contribution in [-0.4, -0.2) is 56.2 Å². The van der Waals surface area contributed by atoms with E-state index in [2.05, 4.69) is 0 Å². The number of piperidine rings is 1. The molecule has 2 aromatic rings. The molecule has 34 heavy (non-hydrogen) atoms. The monoisotopic (exact) mass is 502 g/mol. The summed E-state index contributed by atoms with van der Waals surface area (Å²) in [5, 5.41) is 9.14. The number of hydrogen-bond acceptors (Lipinski definition) is 7. The van der Waals surface area contributed by atoms with Crippen LogP contribution in [0.3, 0.4) is 0 Å². The number of rotatable bonds is 5. The maximum atomic E-state index is 13.3. The molecular weight excluding hydrogens is 481 g/mol. The highest BCUT2D eigenvalue weighted by Gasteiger charge is 2.36. The first-order chi connectivity index (χ1) is 16.1. The maximum Gasteiger partial charge on any atom is 0.416 e. The first-order valence-electron chi connectivity index (χ1n) is 10.3. The van der Waals surface area contributed by atoms with Crippen LogP contribution in [0.4, 0.5) is 13.2 Å². The van der Waals surface area contributed by atoms with Crippen LogP contribution in [0.25, 0.3) is 0 Å². The van der Waals surface area contributed by atoms with E-state index in [1.54, 1.807) is 0 Å². The lowest BCUT2D eigenvalue weighted by molar-refractivity contribution is -0.137. The number of amides is 1. The summed E-state index contributed by atoms with van der Waals surface area (Å²) >= 11 is 0. The summed E-state index contributed by atoms with van der Waals surface area (Å²) in [6, 6.07) is 6.89. The van der Waals surface area contributed by atoms with Gasteiger partial charge in [-0.3, -0.25) is 10.0 Å². The Balaban J connectivity index is 1.49. The molecule has 184 valence electrons. The van der Waals surface area contributed by atoms with E-state index in [1.807, 2.05) is 0 Å². The summed E-state index contributed by atoms with van der Waals surface area (Å²) in [5.41, 5.74) is 0.299. The van der Waals surface area contributed by atoms with Gasteiger partial charge in [0.25, 0.3) is 5.91 Å². The van der Waals surface area contributed by atoms with E-state index in [0.717, 1.165) is 12.1 Å². The lowest BCUT2D eigenvalue weighted by Gasteiger charge is -2.32. The molecule has 0 saturated carbocycles. The van der Waals surface area contributed by atoms with Crippen LogP contribution in [-0.2, 0) is 16.2 Å². The van der Waals surface area contributed by atoms with E-state index < -0.39 is 33.8 Å². The van der Waals surface area contributed by atoms with Gasteiger partial charge in [-0.25, -0.2) is 13.9 Å². The molecule has 1 saturated heterocycles. The minimum Gasteiger partial charge on any atom is -0.490 e. The Kier molecular flexibility index (Phi) is 6.60. The maximum absolute atomic E-state index is 13.3. The van der Waals surface area contributed by atoms with Gasteiger partial charge in [0.05, 0.1) is 10.5 Å². The minimum absolute atomic E-state index is 0.0578. The number of hydroxylamine groups is 1. The molecule has 0 radical (unpaired) electrons. The van der Waals surface area contributed by atoms with Gasteiger partial charge >= 0.3 is 6.18 Å². The van der Waals surface area contributed by atoms with Crippen molar-refractivity contribution in [3.05, 3.63) is 47.5 Å². The standard InChI is InChI=1S/C21H21F3N2O7S/c22-21(23,24)13-1-3-14(4-2-13)33-15-7-9-26(10-8-15)34(29,30)17-6-5-16-19(32-12-11-31-16)18(17)20(27)25-28/h1-6,15,28H,7-12H2,(H,25,27). The molecule has 4 rings (SSSR count). The number of nitrogens with zero attached hydrogens (tertiary/aromatic N) is 1. The predicted molar refractivity (Wildman–Crippen MR) is 111 cm³/mol. The van der Waals surface area contributed by atoms with E-state index in [4.69, 9.17) is 19.4 Å². The lowest BCUT2D eigenvalue weighted by atomic mass is 10.1. The molecule has 2 N–H and O–H groups in total. The molecule has 2 aliphatic heterocycles. The Morgan fingerprint density at radius 1 is 1.06 bits per heavy atom. The molecule has 0 aliphatic carbocycles. The van der Waals surface area contributed by atoms with E-state index in [9.17, 15) is 26.4 Å². The molecule has 13 heteroatoms. The van der Waals surface area contributed by atoms with Crippen molar-refractivity contribution in [2.45, 2.75) is 30.0 Å². The van der Waals surface area contributed by atoms with E-state index >= 15 is 0 Å². The Morgan fingerprint density at radius 2 is 1.71 bits per heavy atom. The fourth-order valence-electron chi connectivity index (χ4n) is 3.83. The van der Waals surface area contributed by atoms with Gasteiger partial charge < -0.3 is 14.2 Å². The average Bonchev–Trinajstić information content (AvgIpc) is 2.83. The highest BCUT2D eigenvalue weighted by atomic mass is 32.2. The first-order valence-corrected chi connectivity index (χ1v) is 11.8. The Morgan fingerprint density at radius 3 is 2.32 bits per heavy atom. The number of benzene rings is 2. The highest BCUT2D eigenvalue weighted by Crippen LogP contribution is 2.39. The van der Waals surface area contributed by atoms with Gasteiger partial charge in [-0.2, -0.15) is 17.5 Å². The highest BCUT2D eigenvalue weighted by molar-refractivity contribution is 7.89. The molecule has 2 aliphatic rings. The van der Waals surface area contributed by atoms with Crippen LogP contribution < -0.4 is 19.7 Å². The molecule has 0 unspecified atom stereocenters. The largest absolute Gasteiger partial charge is 0.490 e. The van der Waals surface area contributed by atoms with Gasteiger partial charge in [0.1, 0.15) is 30.6 Å². The Bertz CT molecular complexity index is 1160. The van der Waals surface area contributed by atoms with Crippen LogP contribution in [0.5, 0.6) is 17.2 Å². The molecule has 2 aromatic carbocycles. The molecule has 0 spiro atoms. The first kappa shape index (κ1) is 24.1. The van der Waals surface area contributed by atoms with Crippen LogP contribution in [0.15, 0.2) is 41.3 Å². The predicted octanol–water partition coefficient (Wildman–Crippen LogP) is 2.83. The molecule has 0 aromatic heterocycles. The fraction of sp³-hybridized carbons (Fsp3) is 0.381. The zero-order valence-corrected chi connectivity index (χ0v) is 18.5. The second-order valence-corrected chi connectivity index (χ2v) is 9.55. The molecular formula is C21H21F3N2O7S. The van der Waals surface area contributed by atoms with Crippen LogP contribution >= 0.6 is 0 Å². The summed E-state index contributed by atoms with van der Waals surface area (Å²) in [6.45, 7) is 0.450. The number of carbonyl (C=O) groups is 1. The summed E-state index contributed by atoms with van der Waals surface area (Å²) in [7, 11) is -4.15. The third-order valence-electron chi connectivity index (χ3n) is 5.50. The Labute approximate surface area is 193 Å². The lowest BCUT2D eigenvalue weighted by Crippen LogP contribution is -2.42. The van der Waals surface area contributed by atoms with Crippen molar-refractivity contribution in [1.29, 1.82) is 0 Å². The van der Waals surface area contributed by atoms with Crippen molar-refractivity contribution in [1.82, 2.24) is 9.79 Å². The zero-order valence-electron chi connectivity index (χ0n) is 17.7. The van der Waals surface area contributed by atoms with E-state index in [-0.39, 0.29) is 66.9 Å². The Hall–Kier alpha value is -3.03. The van der Waals surface area contributed by atoms with Crippen molar-refractivity contribution in [3.8, 4) is 17.2 Å². The van der Waals surface area contributed by atoms with Gasteiger partial charge in [-0.15, -0.1) is 0 Å². The van der Waals surface area contributed by atoms with E-state index in [0.29, 0.717) is 0 Å². The van der Waals surface area contributed by atoms with Crippen molar-refractivity contribution >= 4 is 15.9 Å². The number of halogens is 3. The zero-order chi connectivity index (χ0) is 24.5. The summed E-state index contributed by atoms with van der Waals surface area (Å²) in [6.07, 6.45) is -4.28. The number of nitrogens with one attached hydrogen (secondary N) is 1. The molecule has 0 atom stereocenters. The third kappa shape index (κ3) is 4.76. The number of hydrogen-bond donors (Lipinski definition) is 2. The van der Waals surface area contributed by atoms with Gasteiger partial charge in [-0.05, 0) is 49.2 Å². The van der Waals surface area contributed by atoms with Crippen molar-refractivity contribution in [2.75, 3.05) is 26.3 Å². The van der Waals surface area contributed by atoms with Gasteiger partial charge in [-0.1, -0.05) is 0 Å².